The normalized spacial score (nSPS) is 14.2. The molecular formula is C14H14F3N5O2S. The Morgan fingerprint density at radius 3 is 2.96 bits per heavy atom. The molecule has 0 bridgehead atoms. The number of amides is 1. The SMILES string of the molecule is CN(CC(=O)Nc1nc2ccc(OC(F)(F)F)cc2s1)C1=NCCN1. The lowest BCUT2D eigenvalue weighted by molar-refractivity contribution is -0.274. The number of carbonyl (C=O) groups is 1. The van der Waals surface area contributed by atoms with Crippen molar-refractivity contribution >= 4 is 38.6 Å². The molecule has 25 heavy (non-hydrogen) atoms. The number of benzene rings is 1. The largest absolute Gasteiger partial charge is 0.573 e. The lowest BCUT2D eigenvalue weighted by Gasteiger charge is -2.17. The van der Waals surface area contributed by atoms with Gasteiger partial charge in [0, 0.05) is 19.7 Å². The monoisotopic (exact) mass is 373 g/mol. The minimum Gasteiger partial charge on any atom is -0.406 e. The molecule has 134 valence electrons. The van der Waals surface area contributed by atoms with Crippen LogP contribution in [0.2, 0.25) is 0 Å². The second-order valence-electron chi connectivity index (χ2n) is 5.23. The predicted octanol–water partition coefficient (Wildman–Crippen LogP) is 2.02. The van der Waals surface area contributed by atoms with Gasteiger partial charge in [0.2, 0.25) is 5.91 Å². The molecular weight excluding hydrogens is 359 g/mol. The molecule has 1 aliphatic rings. The minimum atomic E-state index is -4.75. The van der Waals surface area contributed by atoms with E-state index < -0.39 is 6.36 Å². The first kappa shape index (κ1) is 17.3. The fourth-order valence-corrected chi connectivity index (χ4v) is 3.16. The molecule has 7 nitrogen and oxygen atoms in total. The van der Waals surface area contributed by atoms with E-state index in [2.05, 4.69) is 25.3 Å². The van der Waals surface area contributed by atoms with E-state index in [1.807, 2.05) is 0 Å². The van der Waals surface area contributed by atoms with Crippen LogP contribution in [0.25, 0.3) is 10.2 Å². The van der Waals surface area contributed by atoms with Crippen LogP contribution in [-0.4, -0.2) is 54.8 Å². The number of ether oxygens (including phenoxy) is 1. The van der Waals surface area contributed by atoms with Gasteiger partial charge in [0.1, 0.15) is 5.75 Å². The van der Waals surface area contributed by atoms with Crippen LogP contribution in [0.5, 0.6) is 5.75 Å². The Morgan fingerprint density at radius 2 is 2.28 bits per heavy atom. The Kier molecular flexibility index (Phi) is 4.66. The summed E-state index contributed by atoms with van der Waals surface area (Å²) in [5.74, 6) is 0.0182. The van der Waals surface area contributed by atoms with Crippen molar-refractivity contribution in [2.45, 2.75) is 6.36 Å². The third-order valence-electron chi connectivity index (χ3n) is 3.24. The molecule has 0 atom stereocenters. The van der Waals surface area contributed by atoms with Gasteiger partial charge in [-0.15, -0.1) is 13.2 Å². The number of guanidine groups is 1. The second kappa shape index (κ2) is 6.75. The van der Waals surface area contributed by atoms with Crippen molar-refractivity contribution in [3.05, 3.63) is 18.2 Å². The average Bonchev–Trinajstić information content (AvgIpc) is 3.13. The molecule has 0 aliphatic carbocycles. The average molecular weight is 373 g/mol. The van der Waals surface area contributed by atoms with Crippen molar-refractivity contribution < 1.29 is 22.7 Å². The molecule has 0 saturated carbocycles. The van der Waals surface area contributed by atoms with Gasteiger partial charge in [0.25, 0.3) is 0 Å². The Hall–Kier alpha value is -2.56. The number of nitrogens with one attached hydrogen (secondary N) is 2. The van der Waals surface area contributed by atoms with Crippen molar-refractivity contribution in [1.29, 1.82) is 0 Å². The smallest absolute Gasteiger partial charge is 0.406 e. The van der Waals surface area contributed by atoms with Gasteiger partial charge in [0.15, 0.2) is 11.1 Å². The van der Waals surface area contributed by atoms with Gasteiger partial charge in [-0.1, -0.05) is 11.3 Å². The van der Waals surface area contributed by atoms with Crippen molar-refractivity contribution in [3.8, 4) is 5.75 Å². The molecule has 1 aromatic heterocycles. The highest BCUT2D eigenvalue weighted by Gasteiger charge is 2.31. The molecule has 0 unspecified atom stereocenters. The quantitative estimate of drug-likeness (QED) is 0.857. The van der Waals surface area contributed by atoms with Crippen LogP contribution >= 0.6 is 11.3 Å². The van der Waals surface area contributed by atoms with Crippen molar-refractivity contribution in [2.24, 2.45) is 4.99 Å². The zero-order valence-corrected chi connectivity index (χ0v) is 13.9. The van der Waals surface area contributed by atoms with Crippen LogP contribution in [0.3, 0.4) is 0 Å². The number of aromatic nitrogens is 1. The molecule has 11 heteroatoms. The molecule has 0 spiro atoms. The molecule has 2 N–H and O–H groups in total. The summed E-state index contributed by atoms with van der Waals surface area (Å²) in [6.45, 7) is 1.48. The van der Waals surface area contributed by atoms with E-state index in [1.54, 1.807) is 11.9 Å². The number of aliphatic imine (C=N–C) groups is 1. The number of alkyl halides is 3. The number of carbonyl (C=O) groups excluding carboxylic acids is 1. The summed E-state index contributed by atoms with van der Waals surface area (Å²) in [6, 6.07) is 3.82. The summed E-state index contributed by atoms with van der Waals surface area (Å²) in [5, 5.41) is 5.99. The van der Waals surface area contributed by atoms with Crippen LogP contribution in [-0.2, 0) is 4.79 Å². The molecule has 0 radical (unpaired) electrons. The highest BCUT2D eigenvalue weighted by atomic mass is 32.1. The van der Waals surface area contributed by atoms with Gasteiger partial charge in [0.05, 0.1) is 23.3 Å². The number of thiazole rings is 1. The van der Waals surface area contributed by atoms with Crippen LogP contribution in [0.15, 0.2) is 23.2 Å². The summed E-state index contributed by atoms with van der Waals surface area (Å²) in [4.78, 5) is 22.1. The highest BCUT2D eigenvalue weighted by Crippen LogP contribution is 2.31. The summed E-state index contributed by atoms with van der Waals surface area (Å²) in [6.07, 6.45) is -4.75. The van der Waals surface area contributed by atoms with Gasteiger partial charge < -0.3 is 20.3 Å². The first-order valence-corrected chi connectivity index (χ1v) is 8.07. The van der Waals surface area contributed by atoms with Crippen LogP contribution in [0.1, 0.15) is 0 Å². The van der Waals surface area contributed by atoms with Crippen molar-refractivity contribution in [1.82, 2.24) is 15.2 Å². The van der Waals surface area contributed by atoms with E-state index in [4.69, 9.17) is 0 Å². The van der Waals surface area contributed by atoms with Crippen LogP contribution < -0.4 is 15.4 Å². The maximum Gasteiger partial charge on any atom is 0.573 e. The van der Waals surface area contributed by atoms with Gasteiger partial charge in [-0.05, 0) is 12.1 Å². The number of rotatable bonds is 4. The minimum absolute atomic E-state index is 0.0736. The Bertz CT molecular complexity index is 820. The number of hydrogen-bond donors (Lipinski definition) is 2. The van der Waals surface area contributed by atoms with Gasteiger partial charge in [-0.25, -0.2) is 4.98 Å². The second-order valence-corrected chi connectivity index (χ2v) is 6.26. The first-order chi connectivity index (χ1) is 11.8. The standard InChI is InChI=1S/C14H14F3N5O2S/c1-22(12-18-4-5-19-12)7-11(23)21-13-20-9-3-2-8(6-10(9)25-13)24-14(15,16)17/h2-3,6H,4-5,7H2,1H3,(H,18,19)(H,20,21,23). The molecule has 3 rings (SSSR count). The first-order valence-electron chi connectivity index (χ1n) is 7.26. The number of halogens is 3. The number of likely N-dealkylation sites (N-methyl/N-ethyl adjacent to an activating group) is 1. The number of hydrogen-bond acceptors (Lipinski definition) is 7. The highest BCUT2D eigenvalue weighted by molar-refractivity contribution is 7.22. The Balaban J connectivity index is 1.66. The van der Waals surface area contributed by atoms with E-state index in [1.165, 1.54) is 18.2 Å². The van der Waals surface area contributed by atoms with Gasteiger partial charge in [-0.3, -0.25) is 9.79 Å². The maximum absolute atomic E-state index is 12.3. The van der Waals surface area contributed by atoms with Gasteiger partial charge in [-0.2, -0.15) is 0 Å². The van der Waals surface area contributed by atoms with Gasteiger partial charge >= 0.3 is 6.36 Å². The number of nitrogens with zero attached hydrogens (tertiary/aromatic N) is 3. The van der Waals surface area contributed by atoms with Crippen LogP contribution in [0, 0.1) is 0 Å². The molecule has 2 heterocycles. The van der Waals surface area contributed by atoms with E-state index in [0.29, 0.717) is 27.9 Å². The summed E-state index contributed by atoms with van der Waals surface area (Å²) in [7, 11) is 1.73. The van der Waals surface area contributed by atoms with Crippen LogP contribution in [0.4, 0.5) is 18.3 Å². The van der Waals surface area contributed by atoms with E-state index >= 15 is 0 Å². The molecule has 2 aromatic rings. The molecule has 1 aromatic carbocycles. The Morgan fingerprint density at radius 1 is 1.48 bits per heavy atom. The lowest BCUT2D eigenvalue weighted by Crippen LogP contribution is -2.40. The third kappa shape index (κ3) is 4.50. The third-order valence-corrected chi connectivity index (χ3v) is 4.17. The number of anilines is 1. The topological polar surface area (TPSA) is 78.9 Å². The molecule has 0 fully saturated rings. The molecule has 0 saturated heterocycles. The Labute approximate surface area is 144 Å². The zero-order chi connectivity index (χ0) is 18.0. The fourth-order valence-electron chi connectivity index (χ4n) is 2.25. The van der Waals surface area contributed by atoms with E-state index in [0.717, 1.165) is 17.9 Å². The lowest BCUT2D eigenvalue weighted by atomic mass is 10.3. The van der Waals surface area contributed by atoms with E-state index in [-0.39, 0.29) is 18.2 Å². The summed E-state index contributed by atoms with van der Waals surface area (Å²) >= 11 is 1.07. The molecule has 1 aliphatic heterocycles. The maximum atomic E-state index is 12.3. The molecule has 1 amide bonds. The summed E-state index contributed by atoms with van der Waals surface area (Å²) < 4.78 is 41.1. The fraction of sp³-hybridized carbons (Fsp3) is 0.357. The van der Waals surface area contributed by atoms with Crippen molar-refractivity contribution in [3.63, 3.8) is 0 Å². The number of fused-ring (bicyclic) bond motifs is 1. The van der Waals surface area contributed by atoms with E-state index in [9.17, 15) is 18.0 Å². The zero-order valence-electron chi connectivity index (χ0n) is 13.1. The van der Waals surface area contributed by atoms with Crippen molar-refractivity contribution in [2.75, 3.05) is 32.0 Å². The predicted molar refractivity (Wildman–Crippen MR) is 87.9 cm³/mol. The summed E-state index contributed by atoms with van der Waals surface area (Å²) in [5.41, 5.74) is 0.477.